The molecule has 0 bridgehead atoms. The lowest BCUT2D eigenvalue weighted by Gasteiger charge is -2.05. The van der Waals surface area contributed by atoms with Gasteiger partial charge in [0.15, 0.2) is 5.82 Å². The van der Waals surface area contributed by atoms with Gasteiger partial charge in [0.05, 0.1) is 0 Å². The van der Waals surface area contributed by atoms with Gasteiger partial charge in [0.1, 0.15) is 5.82 Å². The number of nitrogens with zero attached hydrogens (tertiary/aromatic N) is 3. The van der Waals surface area contributed by atoms with Crippen molar-refractivity contribution in [2.45, 2.75) is 26.2 Å². The number of rotatable bonds is 5. The average molecular weight is 182 g/mol. The number of aromatic nitrogens is 3. The summed E-state index contributed by atoms with van der Waals surface area (Å²) in [5.74, 6) is 1.94. The second-order valence-corrected chi connectivity index (χ2v) is 3.50. The largest absolute Gasteiger partial charge is 0.309 e. The van der Waals surface area contributed by atoms with Gasteiger partial charge in [-0.15, -0.1) is 0 Å². The Morgan fingerprint density at radius 2 is 2.08 bits per heavy atom. The fourth-order valence-corrected chi connectivity index (χ4v) is 1.12. The number of aromatic amines is 1. The average Bonchev–Trinajstić information content (AvgIpc) is 2.50. The van der Waals surface area contributed by atoms with E-state index in [0.717, 1.165) is 37.5 Å². The van der Waals surface area contributed by atoms with Crippen molar-refractivity contribution in [3.8, 4) is 0 Å². The molecule has 4 nitrogen and oxygen atoms in total. The lowest BCUT2D eigenvalue weighted by atomic mass is 10.3. The molecule has 1 heterocycles. The molecule has 0 aliphatic heterocycles. The van der Waals surface area contributed by atoms with Crippen LogP contribution < -0.4 is 0 Å². The number of aryl methyl sites for hydroxylation is 1. The minimum absolute atomic E-state index is 0.924. The van der Waals surface area contributed by atoms with Gasteiger partial charge in [0.2, 0.25) is 0 Å². The highest BCUT2D eigenvalue weighted by molar-refractivity contribution is 4.90. The Morgan fingerprint density at radius 3 is 2.69 bits per heavy atom. The normalized spacial score (nSPS) is 11.1. The summed E-state index contributed by atoms with van der Waals surface area (Å²) in [6.07, 6.45) is 3.03. The summed E-state index contributed by atoms with van der Waals surface area (Å²) in [4.78, 5) is 6.51. The van der Waals surface area contributed by atoms with Crippen molar-refractivity contribution < 1.29 is 0 Å². The molecular weight excluding hydrogens is 164 g/mol. The van der Waals surface area contributed by atoms with E-state index in [4.69, 9.17) is 0 Å². The molecule has 4 heteroatoms. The zero-order valence-electron chi connectivity index (χ0n) is 8.67. The van der Waals surface area contributed by atoms with Crippen LogP contribution >= 0.6 is 0 Å². The highest BCUT2D eigenvalue weighted by Gasteiger charge is 2.02. The van der Waals surface area contributed by atoms with Crippen molar-refractivity contribution in [2.75, 3.05) is 20.6 Å². The van der Waals surface area contributed by atoms with E-state index in [0.29, 0.717) is 0 Å². The predicted molar refractivity (Wildman–Crippen MR) is 52.6 cm³/mol. The maximum absolute atomic E-state index is 4.38. The zero-order valence-corrected chi connectivity index (χ0v) is 8.67. The number of hydrogen-bond acceptors (Lipinski definition) is 3. The second-order valence-electron chi connectivity index (χ2n) is 3.50. The van der Waals surface area contributed by atoms with E-state index < -0.39 is 0 Å². The minimum atomic E-state index is 0.924. The number of H-pyrrole nitrogens is 1. The first kappa shape index (κ1) is 10.2. The van der Waals surface area contributed by atoms with Crippen molar-refractivity contribution in [3.05, 3.63) is 11.6 Å². The van der Waals surface area contributed by atoms with Crippen LogP contribution in [0, 0.1) is 0 Å². The van der Waals surface area contributed by atoms with E-state index in [1.807, 2.05) is 0 Å². The third kappa shape index (κ3) is 3.55. The van der Waals surface area contributed by atoms with Crippen LogP contribution in [0.4, 0.5) is 0 Å². The van der Waals surface area contributed by atoms with Gasteiger partial charge in [-0.3, -0.25) is 5.10 Å². The summed E-state index contributed by atoms with van der Waals surface area (Å²) >= 11 is 0. The molecule has 0 saturated heterocycles. The molecule has 1 N–H and O–H groups in total. The van der Waals surface area contributed by atoms with Gasteiger partial charge in [-0.1, -0.05) is 6.92 Å². The summed E-state index contributed by atoms with van der Waals surface area (Å²) in [5.41, 5.74) is 0. The summed E-state index contributed by atoms with van der Waals surface area (Å²) in [7, 11) is 4.11. The number of likely N-dealkylation sites (N-methyl/N-ethyl adjacent to an activating group) is 1. The Kier molecular flexibility index (Phi) is 3.89. The van der Waals surface area contributed by atoms with Crippen molar-refractivity contribution in [3.63, 3.8) is 0 Å². The molecule has 13 heavy (non-hydrogen) atoms. The van der Waals surface area contributed by atoms with Crippen LogP contribution in [0.2, 0.25) is 0 Å². The smallest absolute Gasteiger partial charge is 0.151 e. The molecule has 0 aliphatic carbocycles. The van der Waals surface area contributed by atoms with E-state index in [2.05, 4.69) is 41.1 Å². The maximum atomic E-state index is 4.38. The van der Waals surface area contributed by atoms with Gasteiger partial charge in [-0.2, -0.15) is 5.10 Å². The van der Waals surface area contributed by atoms with E-state index in [9.17, 15) is 0 Å². The lowest BCUT2D eigenvalue weighted by molar-refractivity contribution is 0.409. The van der Waals surface area contributed by atoms with Crippen LogP contribution in [0.1, 0.15) is 25.0 Å². The molecule has 74 valence electrons. The van der Waals surface area contributed by atoms with E-state index in [-0.39, 0.29) is 0 Å². The molecule has 1 aromatic rings. The molecule has 1 rings (SSSR count). The highest BCUT2D eigenvalue weighted by Crippen LogP contribution is 1.97. The first-order valence-electron chi connectivity index (χ1n) is 4.77. The first-order chi connectivity index (χ1) is 6.22. The van der Waals surface area contributed by atoms with Gasteiger partial charge in [-0.25, -0.2) is 4.98 Å². The van der Waals surface area contributed by atoms with Crippen molar-refractivity contribution >= 4 is 0 Å². The Bertz CT molecular complexity index is 242. The van der Waals surface area contributed by atoms with Crippen LogP contribution in [0.25, 0.3) is 0 Å². The molecule has 0 aromatic carbocycles. The molecule has 0 unspecified atom stereocenters. The Balaban J connectivity index is 2.39. The van der Waals surface area contributed by atoms with Crippen molar-refractivity contribution in [1.82, 2.24) is 20.1 Å². The second kappa shape index (κ2) is 4.97. The zero-order chi connectivity index (χ0) is 9.68. The third-order valence-electron chi connectivity index (χ3n) is 1.85. The van der Waals surface area contributed by atoms with Crippen LogP contribution in [0.5, 0.6) is 0 Å². The lowest BCUT2D eigenvalue weighted by Crippen LogP contribution is -2.15. The van der Waals surface area contributed by atoms with Crippen molar-refractivity contribution in [1.29, 1.82) is 0 Å². The molecule has 1 aromatic heterocycles. The summed E-state index contributed by atoms with van der Waals surface area (Å²) < 4.78 is 0. The van der Waals surface area contributed by atoms with Crippen LogP contribution in [-0.4, -0.2) is 40.7 Å². The Morgan fingerprint density at radius 1 is 1.31 bits per heavy atom. The number of hydrogen-bond donors (Lipinski definition) is 1. The SMILES string of the molecule is CCCc1nc(CCN(C)C)n[nH]1. The van der Waals surface area contributed by atoms with Gasteiger partial charge in [0, 0.05) is 19.4 Å². The van der Waals surface area contributed by atoms with Gasteiger partial charge < -0.3 is 4.90 Å². The maximum Gasteiger partial charge on any atom is 0.151 e. The van der Waals surface area contributed by atoms with Gasteiger partial charge >= 0.3 is 0 Å². The van der Waals surface area contributed by atoms with E-state index in [1.54, 1.807) is 0 Å². The monoisotopic (exact) mass is 182 g/mol. The quantitative estimate of drug-likeness (QED) is 0.734. The van der Waals surface area contributed by atoms with Crippen molar-refractivity contribution in [2.24, 2.45) is 0 Å². The van der Waals surface area contributed by atoms with Gasteiger partial charge in [0.25, 0.3) is 0 Å². The Labute approximate surface area is 79.4 Å². The molecular formula is C9H18N4. The minimum Gasteiger partial charge on any atom is -0.309 e. The Hall–Kier alpha value is -0.900. The molecule has 0 spiro atoms. The topological polar surface area (TPSA) is 44.8 Å². The molecule has 0 radical (unpaired) electrons. The fourth-order valence-electron chi connectivity index (χ4n) is 1.12. The third-order valence-corrected chi connectivity index (χ3v) is 1.85. The fraction of sp³-hybridized carbons (Fsp3) is 0.778. The van der Waals surface area contributed by atoms with E-state index in [1.165, 1.54) is 0 Å². The van der Waals surface area contributed by atoms with Crippen LogP contribution in [0.15, 0.2) is 0 Å². The van der Waals surface area contributed by atoms with Crippen LogP contribution in [0.3, 0.4) is 0 Å². The molecule has 0 saturated carbocycles. The molecule has 0 amide bonds. The summed E-state index contributed by atoms with van der Waals surface area (Å²) in [6.45, 7) is 3.14. The van der Waals surface area contributed by atoms with Gasteiger partial charge in [-0.05, 0) is 20.5 Å². The standard InChI is InChI=1S/C9H18N4/c1-4-5-8-10-9(12-11-8)6-7-13(2)3/h4-7H2,1-3H3,(H,10,11,12). The van der Waals surface area contributed by atoms with E-state index >= 15 is 0 Å². The molecule has 0 atom stereocenters. The first-order valence-corrected chi connectivity index (χ1v) is 4.77. The predicted octanol–water partition coefficient (Wildman–Crippen LogP) is 0.861. The number of nitrogens with one attached hydrogen (secondary N) is 1. The molecule has 0 fully saturated rings. The summed E-state index contributed by atoms with van der Waals surface area (Å²) in [6, 6.07) is 0. The highest BCUT2D eigenvalue weighted by atomic mass is 15.2. The summed E-state index contributed by atoms with van der Waals surface area (Å²) in [5, 5.41) is 7.09. The van der Waals surface area contributed by atoms with Crippen LogP contribution in [-0.2, 0) is 12.8 Å². The molecule has 0 aliphatic rings.